The predicted molar refractivity (Wildman–Crippen MR) is 108 cm³/mol. The van der Waals surface area contributed by atoms with Gasteiger partial charge < -0.3 is 5.32 Å². The van der Waals surface area contributed by atoms with E-state index in [1.807, 2.05) is 80.7 Å². The Morgan fingerprint density at radius 3 is 2.36 bits per heavy atom. The van der Waals surface area contributed by atoms with E-state index >= 15 is 0 Å². The number of aromatic amines is 1. The van der Waals surface area contributed by atoms with E-state index in [2.05, 4.69) is 20.6 Å². The van der Waals surface area contributed by atoms with Crippen LogP contribution in [0.2, 0.25) is 0 Å². The molecule has 2 heterocycles. The number of carbonyl (C=O) groups is 1. The number of hydrogen-bond donors (Lipinski definition) is 2. The third-order valence-corrected chi connectivity index (χ3v) is 4.85. The molecule has 0 aliphatic carbocycles. The lowest BCUT2D eigenvalue weighted by atomic mass is 10.0. The molecule has 0 spiro atoms. The average molecular weight is 371 g/mol. The Balaban J connectivity index is 1.66. The standard InChI is InChI=1S/C22H21N5O/c1-15-19(16-9-5-3-6-10-16)25-26-20(15)22(28)24-21(17-11-7-4-8-12-17)18-13-14-23-27(18)2/h3-14,21H,1-2H3,(H,24,28)(H,25,26)/t21-/m0/s1. The molecule has 4 rings (SSSR count). The molecule has 0 aliphatic rings. The quantitative estimate of drug-likeness (QED) is 0.562. The summed E-state index contributed by atoms with van der Waals surface area (Å²) in [6, 6.07) is 21.3. The lowest BCUT2D eigenvalue weighted by Gasteiger charge is -2.19. The first-order valence-corrected chi connectivity index (χ1v) is 9.09. The number of amides is 1. The highest BCUT2D eigenvalue weighted by Crippen LogP contribution is 2.25. The van der Waals surface area contributed by atoms with E-state index in [0.717, 1.165) is 28.1 Å². The van der Waals surface area contributed by atoms with Gasteiger partial charge in [0.25, 0.3) is 5.91 Å². The Labute approximate surface area is 163 Å². The van der Waals surface area contributed by atoms with Crippen LogP contribution in [0.4, 0.5) is 0 Å². The lowest BCUT2D eigenvalue weighted by Crippen LogP contribution is -2.31. The number of nitrogens with one attached hydrogen (secondary N) is 2. The van der Waals surface area contributed by atoms with Crippen LogP contribution in [0, 0.1) is 6.92 Å². The van der Waals surface area contributed by atoms with Crippen molar-refractivity contribution >= 4 is 5.91 Å². The van der Waals surface area contributed by atoms with Crippen molar-refractivity contribution in [1.82, 2.24) is 25.3 Å². The molecule has 2 aromatic heterocycles. The summed E-state index contributed by atoms with van der Waals surface area (Å²) in [6.45, 7) is 1.91. The first kappa shape index (κ1) is 17.7. The SMILES string of the molecule is Cc1c(-c2ccccc2)n[nH]c1C(=O)N[C@@H](c1ccccc1)c1ccnn1C. The summed E-state index contributed by atoms with van der Waals surface area (Å²) >= 11 is 0. The van der Waals surface area contributed by atoms with Gasteiger partial charge in [-0.25, -0.2) is 0 Å². The summed E-state index contributed by atoms with van der Waals surface area (Å²) < 4.78 is 1.77. The third-order valence-electron chi connectivity index (χ3n) is 4.85. The number of nitrogens with zero attached hydrogens (tertiary/aromatic N) is 3. The van der Waals surface area contributed by atoms with Crippen molar-refractivity contribution in [3.63, 3.8) is 0 Å². The van der Waals surface area contributed by atoms with Gasteiger partial charge in [-0.2, -0.15) is 10.2 Å². The largest absolute Gasteiger partial charge is 0.338 e. The molecule has 0 aliphatic heterocycles. The molecule has 0 saturated carbocycles. The molecule has 0 fully saturated rings. The highest BCUT2D eigenvalue weighted by Gasteiger charge is 2.23. The Morgan fingerprint density at radius 2 is 1.71 bits per heavy atom. The van der Waals surface area contributed by atoms with Crippen LogP contribution in [-0.2, 0) is 7.05 Å². The fourth-order valence-corrected chi connectivity index (χ4v) is 3.34. The van der Waals surface area contributed by atoms with Crippen LogP contribution in [0.5, 0.6) is 0 Å². The van der Waals surface area contributed by atoms with E-state index in [-0.39, 0.29) is 11.9 Å². The van der Waals surface area contributed by atoms with Crippen molar-refractivity contribution in [1.29, 1.82) is 0 Å². The minimum Gasteiger partial charge on any atom is -0.338 e. The summed E-state index contributed by atoms with van der Waals surface area (Å²) in [5, 5.41) is 14.6. The second kappa shape index (κ2) is 7.52. The van der Waals surface area contributed by atoms with Gasteiger partial charge in [0.1, 0.15) is 5.69 Å². The summed E-state index contributed by atoms with van der Waals surface area (Å²) in [5.41, 5.74) is 4.92. The van der Waals surface area contributed by atoms with Gasteiger partial charge in [0, 0.05) is 24.4 Å². The molecule has 6 heteroatoms. The predicted octanol–water partition coefficient (Wildman–Crippen LogP) is 3.64. The van der Waals surface area contributed by atoms with Crippen molar-refractivity contribution in [2.75, 3.05) is 0 Å². The molecule has 0 bridgehead atoms. The molecule has 0 unspecified atom stereocenters. The van der Waals surface area contributed by atoms with Gasteiger partial charge in [0.15, 0.2) is 0 Å². The Morgan fingerprint density at radius 1 is 1.04 bits per heavy atom. The summed E-state index contributed by atoms with van der Waals surface area (Å²) in [7, 11) is 1.87. The van der Waals surface area contributed by atoms with E-state index in [1.165, 1.54) is 0 Å². The molecular weight excluding hydrogens is 350 g/mol. The summed E-state index contributed by atoms with van der Waals surface area (Å²) in [4.78, 5) is 13.1. The van der Waals surface area contributed by atoms with Gasteiger partial charge in [-0.05, 0) is 18.6 Å². The average Bonchev–Trinajstić information content (AvgIpc) is 3.33. The third kappa shape index (κ3) is 3.32. The number of H-pyrrole nitrogens is 1. The lowest BCUT2D eigenvalue weighted by molar-refractivity contribution is 0.0936. The molecule has 1 amide bonds. The zero-order chi connectivity index (χ0) is 19.5. The molecule has 28 heavy (non-hydrogen) atoms. The highest BCUT2D eigenvalue weighted by atomic mass is 16.2. The number of benzene rings is 2. The number of hydrogen-bond acceptors (Lipinski definition) is 3. The maximum atomic E-state index is 13.1. The molecule has 140 valence electrons. The van der Waals surface area contributed by atoms with E-state index < -0.39 is 0 Å². The Hall–Kier alpha value is -3.67. The van der Waals surface area contributed by atoms with Crippen LogP contribution < -0.4 is 5.32 Å². The zero-order valence-electron chi connectivity index (χ0n) is 15.8. The van der Waals surface area contributed by atoms with Crippen LogP contribution >= 0.6 is 0 Å². The minimum atomic E-state index is -0.316. The molecule has 4 aromatic rings. The number of rotatable bonds is 5. The van der Waals surface area contributed by atoms with Crippen LogP contribution in [-0.4, -0.2) is 25.9 Å². The minimum absolute atomic E-state index is 0.206. The van der Waals surface area contributed by atoms with Crippen molar-refractivity contribution in [3.05, 3.63) is 95.4 Å². The Kier molecular flexibility index (Phi) is 4.76. The summed E-state index contributed by atoms with van der Waals surface area (Å²) in [6.07, 6.45) is 1.73. The van der Waals surface area contributed by atoms with Gasteiger partial charge in [-0.1, -0.05) is 60.7 Å². The maximum absolute atomic E-state index is 13.1. The van der Waals surface area contributed by atoms with Gasteiger partial charge in [0.2, 0.25) is 0 Å². The zero-order valence-corrected chi connectivity index (χ0v) is 15.8. The summed E-state index contributed by atoms with van der Waals surface area (Å²) in [5.74, 6) is -0.206. The van der Waals surface area contributed by atoms with E-state index in [9.17, 15) is 4.79 Å². The van der Waals surface area contributed by atoms with Crippen molar-refractivity contribution in [2.24, 2.45) is 7.05 Å². The van der Waals surface area contributed by atoms with Crippen molar-refractivity contribution in [3.8, 4) is 11.3 Å². The second-order valence-corrected chi connectivity index (χ2v) is 6.64. The van der Waals surface area contributed by atoms with Gasteiger partial charge in [-0.15, -0.1) is 0 Å². The van der Waals surface area contributed by atoms with E-state index in [0.29, 0.717) is 5.69 Å². The van der Waals surface area contributed by atoms with Crippen LogP contribution in [0.3, 0.4) is 0 Å². The number of aromatic nitrogens is 4. The van der Waals surface area contributed by atoms with Gasteiger partial charge in [0.05, 0.1) is 17.4 Å². The maximum Gasteiger partial charge on any atom is 0.270 e. The topological polar surface area (TPSA) is 75.6 Å². The number of aryl methyl sites for hydroxylation is 1. The van der Waals surface area contributed by atoms with Crippen molar-refractivity contribution < 1.29 is 4.79 Å². The van der Waals surface area contributed by atoms with Crippen LogP contribution in [0.1, 0.15) is 33.4 Å². The van der Waals surface area contributed by atoms with Gasteiger partial charge in [-0.3, -0.25) is 14.6 Å². The first-order valence-electron chi connectivity index (χ1n) is 9.09. The molecule has 2 aromatic carbocycles. The molecule has 1 atom stereocenters. The van der Waals surface area contributed by atoms with Crippen LogP contribution in [0.15, 0.2) is 72.9 Å². The highest BCUT2D eigenvalue weighted by molar-refractivity contribution is 5.95. The second-order valence-electron chi connectivity index (χ2n) is 6.64. The van der Waals surface area contributed by atoms with E-state index in [4.69, 9.17) is 0 Å². The fraction of sp³-hybridized carbons (Fsp3) is 0.136. The van der Waals surface area contributed by atoms with Crippen LogP contribution in [0.25, 0.3) is 11.3 Å². The fourth-order valence-electron chi connectivity index (χ4n) is 3.34. The molecule has 0 radical (unpaired) electrons. The monoisotopic (exact) mass is 371 g/mol. The first-order chi connectivity index (χ1) is 13.6. The van der Waals surface area contributed by atoms with Crippen molar-refractivity contribution in [2.45, 2.75) is 13.0 Å². The smallest absolute Gasteiger partial charge is 0.270 e. The Bertz CT molecular complexity index is 1080. The van der Waals surface area contributed by atoms with E-state index in [1.54, 1.807) is 10.9 Å². The molecule has 0 saturated heterocycles. The molecule has 2 N–H and O–H groups in total. The molecule has 6 nitrogen and oxygen atoms in total. The van der Waals surface area contributed by atoms with Gasteiger partial charge >= 0.3 is 0 Å². The molecular formula is C22H21N5O. The normalized spacial score (nSPS) is 11.9. The number of carbonyl (C=O) groups excluding carboxylic acids is 1.